The average molecular weight is 101 g/mol. The largest absolute Gasteiger partial charge is 0.388 e. The van der Waals surface area contributed by atoms with Crippen LogP contribution in [0.3, 0.4) is 0 Å². The molecule has 0 aromatic rings. The first-order valence-corrected chi connectivity index (χ1v) is 1.95. The fourth-order valence-electron chi connectivity index (χ4n) is 0.148. The number of aldehydes is 1. The van der Waals surface area contributed by atoms with Gasteiger partial charge in [0.1, 0.15) is 0 Å². The molecule has 0 aromatic carbocycles. The van der Waals surface area contributed by atoms with E-state index in [-0.39, 0.29) is 6.61 Å². The van der Waals surface area contributed by atoms with Gasteiger partial charge in [0.2, 0.25) is 0 Å². The van der Waals surface area contributed by atoms with Gasteiger partial charge in [0, 0.05) is 6.21 Å². The predicted octanol–water partition coefficient (Wildman–Crippen LogP) is 0.208. The van der Waals surface area contributed by atoms with Gasteiger partial charge in [0.05, 0.1) is 0 Å². The van der Waals surface area contributed by atoms with E-state index in [1.54, 1.807) is 6.92 Å². The first kappa shape index (κ1) is 6.14. The minimum Gasteiger partial charge on any atom is -0.388 e. The van der Waals surface area contributed by atoms with Crippen LogP contribution in [0.25, 0.3) is 0 Å². The molecule has 0 unspecified atom stereocenters. The Labute approximate surface area is 42.0 Å². The molecule has 0 bridgehead atoms. The third-order valence-electron chi connectivity index (χ3n) is 0.323. The Morgan fingerprint density at radius 2 is 2.57 bits per heavy atom. The number of carbonyl (C=O) groups is 1. The molecule has 0 radical (unpaired) electrons. The van der Waals surface area contributed by atoms with Gasteiger partial charge in [-0.1, -0.05) is 5.16 Å². The Morgan fingerprint density at radius 1 is 1.86 bits per heavy atom. The summed E-state index contributed by atoms with van der Waals surface area (Å²) in [4.78, 5) is 13.8. The van der Waals surface area contributed by atoms with E-state index in [1.807, 2.05) is 0 Å². The number of carbonyl (C=O) groups excluding carboxylic acids is 1. The molecule has 0 amide bonds. The lowest BCUT2D eigenvalue weighted by atomic mass is 10.8. The molecule has 0 N–H and O–H groups in total. The van der Waals surface area contributed by atoms with Crippen LogP contribution in [0.5, 0.6) is 0 Å². The molecule has 0 saturated heterocycles. The van der Waals surface area contributed by atoms with Gasteiger partial charge >= 0.3 is 0 Å². The number of nitrogens with zero attached hydrogens (tertiary/aromatic N) is 1. The Morgan fingerprint density at radius 3 is 3.00 bits per heavy atom. The Hall–Kier alpha value is -0.860. The fraction of sp³-hybridized carbons (Fsp3) is 0.500. The highest BCUT2D eigenvalue weighted by Crippen LogP contribution is 1.66. The summed E-state index contributed by atoms with van der Waals surface area (Å²) in [5.41, 5.74) is 0. The summed E-state index contributed by atoms with van der Waals surface area (Å²) in [7, 11) is 0. The molecule has 0 saturated carbocycles. The van der Waals surface area contributed by atoms with E-state index in [0.717, 1.165) is 0 Å². The number of rotatable bonds is 3. The minimum atomic E-state index is 0.0460. The van der Waals surface area contributed by atoms with Crippen LogP contribution in [0.2, 0.25) is 0 Å². The number of hydrogen-bond acceptors (Lipinski definition) is 3. The van der Waals surface area contributed by atoms with Gasteiger partial charge in [0.15, 0.2) is 12.9 Å². The second-order valence-electron chi connectivity index (χ2n) is 0.826. The van der Waals surface area contributed by atoms with Crippen molar-refractivity contribution < 1.29 is 9.63 Å². The maximum absolute atomic E-state index is 9.48. The molecule has 0 spiro atoms. The van der Waals surface area contributed by atoms with Crippen LogP contribution >= 0.6 is 0 Å². The molecule has 0 atom stereocenters. The Balaban J connectivity index is 2.82. The van der Waals surface area contributed by atoms with Gasteiger partial charge in [0.25, 0.3) is 0 Å². The zero-order valence-electron chi connectivity index (χ0n) is 4.13. The van der Waals surface area contributed by atoms with Crippen LogP contribution in [0, 0.1) is 0 Å². The smallest absolute Gasteiger partial charge is 0.172 e. The van der Waals surface area contributed by atoms with E-state index in [4.69, 9.17) is 0 Å². The van der Waals surface area contributed by atoms with Crippen LogP contribution in [0.1, 0.15) is 6.92 Å². The highest BCUT2D eigenvalue weighted by atomic mass is 16.6. The van der Waals surface area contributed by atoms with Crippen LogP contribution in [0.15, 0.2) is 5.16 Å². The van der Waals surface area contributed by atoms with Crippen molar-refractivity contribution in [3.05, 3.63) is 0 Å². The standard InChI is InChI=1S/C4H7NO2/c1-2-5-7-4-3-6/h2-3H,4H2,1H3. The van der Waals surface area contributed by atoms with E-state index >= 15 is 0 Å². The molecule has 0 aliphatic heterocycles. The van der Waals surface area contributed by atoms with Gasteiger partial charge in [-0.05, 0) is 6.92 Å². The summed E-state index contributed by atoms with van der Waals surface area (Å²) in [5.74, 6) is 0. The van der Waals surface area contributed by atoms with Crippen molar-refractivity contribution in [3.8, 4) is 0 Å². The highest BCUT2D eigenvalue weighted by Gasteiger charge is 1.70. The molecule has 0 aliphatic carbocycles. The van der Waals surface area contributed by atoms with Crippen molar-refractivity contribution in [3.63, 3.8) is 0 Å². The molecule has 0 heterocycles. The monoisotopic (exact) mass is 101 g/mol. The SMILES string of the molecule is CC=NOCC=O. The predicted molar refractivity (Wildman–Crippen MR) is 26.2 cm³/mol. The lowest BCUT2D eigenvalue weighted by Gasteiger charge is -1.83. The molecule has 3 nitrogen and oxygen atoms in total. The quantitative estimate of drug-likeness (QED) is 0.220. The van der Waals surface area contributed by atoms with Crippen molar-refractivity contribution in [2.24, 2.45) is 5.16 Å². The zero-order valence-corrected chi connectivity index (χ0v) is 4.13. The minimum absolute atomic E-state index is 0.0460. The zero-order chi connectivity index (χ0) is 5.54. The van der Waals surface area contributed by atoms with Crippen molar-refractivity contribution >= 4 is 12.5 Å². The molecule has 3 heteroatoms. The van der Waals surface area contributed by atoms with Gasteiger partial charge in [-0.3, -0.25) is 4.79 Å². The normalized spacial score (nSPS) is 9.29. The molecule has 40 valence electrons. The van der Waals surface area contributed by atoms with Crippen LogP contribution in [0.4, 0.5) is 0 Å². The van der Waals surface area contributed by atoms with Crippen LogP contribution in [-0.4, -0.2) is 19.1 Å². The molecule has 0 fully saturated rings. The third-order valence-corrected chi connectivity index (χ3v) is 0.323. The summed E-state index contributed by atoms with van der Waals surface area (Å²) < 4.78 is 0. The van der Waals surface area contributed by atoms with E-state index in [2.05, 4.69) is 9.99 Å². The van der Waals surface area contributed by atoms with Crippen molar-refractivity contribution in [2.45, 2.75) is 6.92 Å². The molecular formula is C4H7NO2. The maximum Gasteiger partial charge on any atom is 0.172 e. The topological polar surface area (TPSA) is 38.7 Å². The second kappa shape index (κ2) is 5.14. The number of hydrogen-bond donors (Lipinski definition) is 0. The van der Waals surface area contributed by atoms with Crippen molar-refractivity contribution in [1.82, 2.24) is 0 Å². The van der Waals surface area contributed by atoms with E-state index in [9.17, 15) is 4.79 Å². The van der Waals surface area contributed by atoms with E-state index < -0.39 is 0 Å². The molecule has 7 heavy (non-hydrogen) atoms. The average Bonchev–Trinajstić information content (AvgIpc) is 1.69. The molecular weight excluding hydrogens is 94.0 g/mol. The highest BCUT2D eigenvalue weighted by molar-refractivity contribution is 5.53. The Kier molecular flexibility index (Phi) is 4.51. The Bertz CT molecular complexity index is 70.1. The molecule has 0 aliphatic rings. The van der Waals surface area contributed by atoms with Gasteiger partial charge in [-0.25, -0.2) is 0 Å². The van der Waals surface area contributed by atoms with Crippen molar-refractivity contribution in [1.29, 1.82) is 0 Å². The van der Waals surface area contributed by atoms with Gasteiger partial charge in [-0.15, -0.1) is 0 Å². The second-order valence-corrected chi connectivity index (χ2v) is 0.826. The third kappa shape index (κ3) is 5.14. The summed E-state index contributed by atoms with van der Waals surface area (Å²) in [6, 6.07) is 0. The van der Waals surface area contributed by atoms with Crippen LogP contribution in [-0.2, 0) is 9.63 Å². The summed E-state index contributed by atoms with van der Waals surface area (Å²) in [6.07, 6.45) is 2.12. The van der Waals surface area contributed by atoms with Crippen molar-refractivity contribution in [2.75, 3.05) is 6.61 Å². The van der Waals surface area contributed by atoms with E-state index in [0.29, 0.717) is 6.29 Å². The maximum atomic E-state index is 9.48. The van der Waals surface area contributed by atoms with Gasteiger partial charge < -0.3 is 4.84 Å². The lowest BCUT2D eigenvalue weighted by molar-refractivity contribution is -0.111. The molecule has 0 aromatic heterocycles. The van der Waals surface area contributed by atoms with E-state index in [1.165, 1.54) is 6.21 Å². The summed E-state index contributed by atoms with van der Waals surface area (Å²) in [6.45, 7) is 1.76. The van der Waals surface area contributed by atoms with Crippen LogP contribution < -0.4 is 0 Å². The summed E-state index contributed by atoms with van der Waals surface area (Å²) >= 11 is 0. The van der Waals surface area contributed by atoms with Gasteiger partial charge in [-0.2, -0.15) is 0 Å². The summed E-state index contributed by atoms with van der Waals surface area (Å²) in [5, 5.41) is 3.31. The molecule has 0 rings (SSSR count). The first-order valence-electron chi connectivity index (χ1n) is 1.95. The fourth-order valence-corrected chi connectivity index (χ4v) is 0.148. The first-order chi connectivity index (χ1) is 3.41. The lowest BCUT2D eigenvalue weighted by Crippen LogP contribution is -1.85. The number of oxime groups is 1.